The lowest BCUT2D eigenvalue weighted by atomic mass is 9.96. The van der Waals surface area contributed by atoms with Crippen LogP contribution in [-0.2, 0) is 10.2 Å². The number of pyridine rings is 1. The molecular formula is C20H21N3O3. The Bertz CT molecular complexity index is 983. The summed E-state index contributed by atoms with van der Waals surface area (Å²) in [5.74, 6) is 0.0244. The smallest absolute Gasteiger partial charge is 0.337 e. The number of imidazole rings is 1. The van der Waals surface area contributed by atoms with E-state index >= 15 is 0 Å². The lowest BCUT2D eigenvalue weighted by Crippen LogP contribution is -2.17. The maximum absolute atomic E-state index is 12.8. The van der Waals surface area contributed by atoms with E-state index in [1.807, 2.05) is 28.8 Å². The number of fused-ring (bicyclic) bond motifs is 1. The molecule has 6 nitrogen and oxygen atoms in total. The number of nitrogens with zero attached hydrogens (tertiary/aromatic N) is 2. The number of anilines is 1. The van der Waals surface area contributed by atoms with Crippen molar-refractivity contribution in [2.75, 3.05) is 12.4 Å². The quantitative estimate of drug-likeness (QED) is 0.731. The molecule has 0 fully saturated rings. The number of hydrogen-bond acceptors (Lipinski definition) is 4. The molecule has 3 rings (SSSR count). The van der Waals surface area contributed by atoms with Crippen LogP contribution in [0.25, 0.3) is 5.52 Å². The SMILES string of the molecule is COC(=O)c1cccc(NC(=O)c2nc(C(C)(C)C)n3ccccc23)c1. The van der Waals surface area contributed by atoms with Crippen molar-refractivity contribution in [3.63, 3.8) is 0 Å². The van der Waals surface area contributed by atoms with Crippen LogP contribution in [0.2, 0.25) is 0 Å². The Balaban J connectivity index is 1.98. The van der Waals surface area contributed by atoms with Gasteiger partial charge in [0.2, 0.25) is 0 Å². The van der Waals surface area contributed by atoms with Crippen molar-refractivity contribution in [3.05, 3.63) is 65.7 Å². The highest BCUT2D eigenvalue weighted by atomic mass is 16.5. The van der Waals surface area contributed by atoms with Gasteiger partial charge in [-0.1, -0.05) is 32.9 Å². The first-order valence-electron chi connectivity index (χ1n) is 8.28. The Kier molecular flexibility index (Phi) is 4.50. The summed E-state index contributed by atoms with van der Waals surface area (Å²) in [6.07, 6.45) is 1.90. The molecule has 0 saturated carbocycles. The summed E-state index contributed by atoms with van der Waals surface area (Å²) in [4.78, 5) is 29.1. The van der Waals surface area contributed by atoms with Gasteiger partial charge in [0.25, 0.3) is 5.91 Å². The van der Waals surface area contributed by atoms with Crippen LogP contribution < -0.4 is 5.32 Å². The largest absolute Gasteiger partial charge is 0.465 e. The Morgan fingerprint density at radius 2 is 1.88 bits per heavy atom. The van der Waals surface area contributed by atoms with Gasteiger partial charge in [-0.3, -0.25) is 4.79 Å². The van der Waals surface area contributed by atoms with Crippen LogP contribution in [0.5, 0.6) is 0 Å². The number of benzene rings is 1. The first kappa shape index (κ1) is 17.7. The third-order valence-corrected chi connectivity index (χ3v) is 3.98. The van der Waals surface area contributed by atoms with Crippen molar-refractivity contribution in [1.82, 2.24) is 9.38 Å². The van der Waals surface area contributed by atoms with Crippen LogP contribution in [0.1, 0.15) is 47.4 Å². The van der Waals surface area contributed by atoms with E-state index in [0.29, 0.717) is 16.9 Å². The standard InChI is InChI=1S/C20H21N3O3/c1-20(2,3)19-22-16(15-10-5-6-11-23(15)19)17(24)21-14-9-7-8-13(12-14)18(25)26-4/h5-12H,1-4H3,(H,21,24). The van der Waals surface area contributed by atoms with E-state index < -0.39 is 5.97 Å². The van der Waals surface area contributed by atoms with E-state index in [0.717, 1.165) is 11.3 Å². The van der Waals surface area contributed by atoms with Gasteiger partial charge < -0.3 is 14.5 Å². The van der Waals surface area contributed by atoms with Crippen LogP contribution in [0.3, 0.4) is 0 Å². The summed E-state index contributed by atoms with van der Waals surface area (Å²) in [6.45, 7) is 6.16. The van der Waals surface area contributed by atoms with Gasteiger partial charge in [0.1, 0.15) is 5.82 Å². The van der Waals surface area contributed by atoms with Gasteiger partial charge in [0.15, 0.2) is 5.69 Å². The second-order valence-electron chi connectivity index (χ2n) is 7.02. The highest BCUT2D eigenvalue weighted by Gasteiger charge is 2.25. The van der Waals surface area contributed by atoms with Crippen LogP contribution in [0, 0.1) is 0 Å². The first-order chi connectivity index (χ1) is 12.3. The Hall–Kier alpha value is -3.15. The van der Waals surface area contributed by atoms with Gasteiger partial charge >= 0.3 is 5.97 Å². The van der Waals surface area contributed by atoms with E-state index in [2.05, 4.69) is 31.1 Å². The molecular weight excluding hydrogens is 330 g/mol. The zero-order valence-electron chi connectivity index (χ0n) is 15.2. The number of carbonyl (C=O) groups excluding carboxylic acids is 2. The second kappa shape index (κ2) is 6.63. The topological polar surface area (TPSA) is 72.7 Å². The summed E-state index contributed by atoms with van der Waals surface area (Å²) >= 11 is 0. The van der Waals surface area contributed by atoms with Gasteiger partial charge in [-0.15, -0.1) is 0 Å². The number of methoxy groups -OCH3 is 1. The molecule has 134 valence electrons. The van der Waals surface area contributed by atoms with Crippen molar-refractivity contribution >= 4 is 23.1 Å². The molecule has 1 N–H and O–H groups in total. The van der Waals surface area contributed by atoms with Crippen molar-refractivity contribution in [3.8, 4) is 0 Å². The zero-order chi connectivity index (χ0) is 18.9. The molecule has 26 heavy (non-hydrogen) atoms. The lowest BCUT2D eigenvalue weighted by Gasteiger charge is -2.16. The number of amides is 1. The molecule has 1 amide bonds. The first-order valence-corrected chi connectivity index (χ1v) is 8.28. The van der Waals surface area contributed by atoms with Gasteiger partial charge in [-0.25, -0.2) is 9.78 Å². The predicted octanol–water partition coefficient (Wildman–Crippen LogP) is 3.67. The highest BCUT2D eigenvalue weighted by molar-refractivity contribution is 6.08. The lowest BCUT2D eigenvalue weighted by molar-refractivity contribution is 0.0600. The fraction of sp³-hybridized carbons (Fsp3) is 0.250. The van der Waals surface area contributed by atoms with Gasteiger partial charge in [-0.05, 0) is 30.3 Å². The number of carbonyl (C=O) groups is 2. The van der Waals surface area contributed by atoms with E-state index in [9.17, 15) is 9.59 Å². The third kappa shape index (κ3) is 3.31. The number of nitrogens with one attached hydrogen (secondary N) is 1. The normalized spacial score (nSPS) is 11.4. The van der Waals surface area contributed by atoms with Gasteiger partial charge in [0.05, 0.1) is 18.2 Å². The summed E-state index contributed by atoms with van der Waals surface area (Å²) in [5.41, 5.74) is 1.74. The Morgan fingerprint density at radius 3 is 2.58 bits per heavy atom. The van der Waals surface area contributed by atoms with Gasteiger partial charge in [-0.2, -0.15) is 0 Å². The minimum Gasteiger partial charge on any atom is -0.465 e. The molecule has 0 bridgehead atoms. The van der Waals surface area contributed by atoms with E-state index in [-0.39, 0.29) is 11.3 Å². The molecule has 0 radical (unpaired) electrons. The van der Waals surface area contributed by atoms with Crippen LogP contribution in [0.15, 0.2) is 48.7 Å². The maximum Gasteiger partial charge on any atom is 0.337 e. The van der Waals surface area contributed by atoms with Crippen molar-refractivity contribution < 1.29 is 14.3 Å². The van der Waals surface area contributed by atoms with Crippen molar-refractivity contribution in [2.45, 2.75) is 26.2 Å². The summed E-state index contributed by atoms with van der Waals surface area (Å²) in [5, 5.41) is 2.81. The summed E-state index contributed by atoms with van der Waals surface area (Å²) in [6, 6.07) is 12.3. The fourth-order valence-electron chi connectivity index (χ4n) is 2.77. The third-order valence-electron chi connectivity index (χ3n) is 3.98. The molecule has 0 aliphatic heterocycles. The minimum atomic E-state index is -0.455. The maximum atomic E-state index is 12.8. The average Bonchev–Trinajstić information content (AvgIpc) is 3.01. The minimum absolute atomic E-state index is 0.215. The molecule has 0 saturated heterocycles. The summed E-state index contributed by atoms with van der Waals surface area (Å²) < 4.78 is 6.64. The number of aromatic nitrogens is 2. The molecule has 0 atom stereocenters. The molecule has 0 unspecified atom stereocenters. The van der Waals surface area contributed by atoms with Crippen molar-refractivity contribution in [1.29, 1.82) is 0 Å². The van der Waals surface area contributed by atoms with Gasteiger partial charge in [0, 0.05) is 17.3 Å². The van der Waals surface area contributed by atoms with Crippen LogP contribution >= 0.6 is 0 Å². The monoisotopic (exact) mass is 351 g/mol. The van der Waals surface area contributed by atoms with E-state index in [1.54, 1.807) is 24.3 Å². The number of esters is 1. The molecule has 6 heteroatoms. The second-order valence-corrected chi connectivity index (χ2v) is 7.02. The summed E-state index contributed by atoms with van der Waals surface area (Å²) in [7, 11) is 1.32. The fourth-order valence-corrected chi connectivity index (χ4v) is 2.77. The molecule has 3 aromatic rings. The molecule has 0 aliphatic carbocycles. The number of rotatable bonds is 3. The average molecular weight is 351 g/mol. The number of ether oxygens (including phenoxy) is 1. The molecule has 2 heterocycles. The zero-order valence-corrected chi connectivity index (χ0v) is 15.2. The van der Waals surface area contributed by atoms with Crippen molar-refractivity contribution in [2.24, 2.45) is 0 Å². The van der Waals surface area contributed by atoms with Crippen LogP contribution in [0.4, 0.5) is 5.69 Å². The molecule has 0 aliphatic rings. The van der Waals surface area contributed by atoms with Crippen LogP contribution in [-0.4, -0.2) is 28.4 Å². The highest BCUT2D eigenvalue weighted by Crippen LogP contribution is 2.25. The number of hydrogen-bond donors (Lipinski definition) is 1. The molecule has 0 spiro atoms. The Labute approximate surface area is 151 Å². The molecule has 1 aromatic carbocycles. The molecule has 2 aromatic heterocycles. The van der Waals surface area contributed by atoms with E-state index in [1.165, 1.54) is 7.11 Å². The predicted molar refractivity (Wildman–Crippen MR) is 99.6 cm³/mol. The van der Waals surface area contributed by atoms with E-state index in [4.69, 9.17) is 4.74 Å². The Morgan fingerprint density at radius 1 is 1.12 bits per heavy atom.